The summed E-state index contributed by atoms with van der Waals surface area (Å²) < 4.78 is 23.3. The second kappa shape index (κ2) is 29.1. The molecule has 8 aliphatic rings. The van der Waals surface area contributed by atoms with Crippen molar-refractivity contribution in [2.75, 3.05) is 5.73 Å². The summed E-state index contributed by atoms with van der Waals surface area (Å²) in [6.45, 7) is 0. The van der Waals surface area contributed by atoms with Crippen molar-refractivity contribution in [3.8, 4) is 142 Å². The van der Waals surface area contributed by atoms with E-state index in [-0.39, 0.29) is 194 Å². The molecule has 4 heterocycles. The summed E-state index contributed by atoms with van der Waals surface area (Å²) in [5.41, 5.74) is 13.0. The number of nitrogens with two attached hydrogens (primary N) is 1. The first-order chi connectivity index (χ1) is 45.7. The second-order valence-corrected chi connectivity index (χ2v) is 21.3. The number of nitrogens with zero attached hydrogens (tertiary/aromatic N) is 4. The minimum absolute atomic E-state index is 0. The standard InChI is InChI=1S/C24H16N2O6.C24H15NO7.C12H6NO3.C12H6NO2.2Na.2H2O/c25-17-9-23-18(7-15(17)13-3-1-11(27)5-20(13)29)26-19-8-16(22(31)10-24(19)32-23)14-4-2-12(28)6-21(14)30;26-11-1-3-13(19(28)5-11)15-7-17-23(9-21(15)30)32-24-10-22(31)16(8-18(24)25-17)14-4-2-12(27)6-20(14)29;14-8-5-6-10-12(7-8)16-11-4-2-1-3-9(11)13(10)15;14-8-5-6-10-12(7-8)15-11-4-2-1-3-9(11)13-10;;;;/h1-10,27-30H,25H2;1-10,26-30H;1,3-7H;1,3-7H;;;2*1H2/q;;2*-1;2*+1;;/p-2. The largest absolute Gasteiger partial charge is 1.00 e. The molecule has 8 aromatic rings. The SMILES string of the molecule is Nc1cc2oc3cc(=O)c(-c4ccc(O)cc4O)cc-3nc2cc1-c1ccc(O)cc1O.O=c1cc2oc3cc(O)c(-c4ccc(O)cc4O)cc3nc-2cc1-c1ccc(O)cc1O.O=c1ccc2[n+]([O-])c3cc[c-]cc3oc-2c1.O=c1ccc2nc3cc[c-]cc3oc-2c1.[Na+].[Na+].[OH-].[OH-]. The molecule has 482 valence electrons. The summed E-state index contributed by atoms with van der Waals surface area (Å²) in [5, 5.41) is 101. The van der Waals surface area contributed by atoms with Crippen LogP contribution >= 0.6 is 0 Å². The summed E-state index contributed by atoms with van der Waals surface area (Å²) in [5.74, 6) is -0.287. The zero-order valence-electron chi connectivity index (χ0n) is 51.4. The predicted octanol–water partition coefficient (Wildman–Crippen LogP) is 5.26. The minimum atomic E-state index is -0.418. The Balaban J connectivity index is 0.000000160. The fourth-order valence-electron chi connectivity index (χ4n) is 10.4. The third-order valence-electron chi connectivity index (χ3n) is 14.9. The normalized spacial score (nSPS) is 10.7. The molecule has 16 rings (SSSR count). The molecule has 0 bridgehead atoms. The number of hydrogen-bond donors (Lipinski definition) is 10. The van der Waals surface area contributed by atoms with E-state index in [0.717, 1.165) is 28.4 Å². The quantitative estimate of drug-likeness (QED) is 0.0268. The number of benzene rings is 12. The van der Waals surface area contributed by atoms with Crippen LogP contribution in [0.25, 0.3) is 135 Å². The fraction of sp³-hybridized carbons (Fsp3) is 0. The van der Waals surface area contributed by atoms with Crippen LogP contribution in [0.2, 0.25) is 0 Å². The summed E-state index contributed by atoms with van der Waals surface area (Å²) in [4.78, 5) is 61.0. The smallest absolute Gasteiger partial charge is 0.870 e. The minimum Gasteiger partial charge on any atom is -0.870 e. The van der Waals surface area contributed by atoms with Crippen LogP contribution in [-0.4, -0.2) is 71.9 Å². The average Bonchev–Trinajstić information content (AvgIpc) is 0.772. The topological polar surface area (TPSA) is 455 Å². The van der Waals surface area contributed by atoms with E-state index < -0.39 is 5.43 Å². The van der Waals surface area contributed by atoms with Gasteiger partial charge in [-0.3, -0.25) is 24.2 Å². The maximum atomic E-state index is 12.6. The van der Waals surface area contributed by atoms with Crippen LogP contribution in [0.5, 0.6) is 51.7 Å². The zero-order valence-corrected chi connectivity index (χ0v) is 55.4. The number of anilines is 1. The van der Waals surface area contributed by atoms with Gasteiger partial charge in [-0.2, -0.15) is 29.0 Å². The number of hydrogen-bond acceptors (Lipinski definition) is 24. The molecule has 99 heavy (non-hydrogen) atoms. The van der Waals surface area contributed by atoms with Gasteiger partial charge in [0.15, 0.2) is 55.7 Å². The molecule has 0 saturated carbocycles. The van der Waals surface area contributed by atoms with Crippen molar-refractivity contribution >= 4 is 50.1 Å². The molecule has 0 atom stereocenters. The van der Waals surface area contributed by atoms with Gasteiger partial charge in [-0.05, 0) is 96.5 Å². The summed E-state index contributed by atoms with van der Waals surface area (Å²) in [7, 11) is 0. The molecule has 25 nitrogen and oxygen atoms in total. The van der Waals surface area contributed by atoms with Crippen molar-refractivity contribution in [1.29, 1.82) is 0 Å². The number of phenolic OH excluding ortho intramolecular Hbond substituents is 9. The van der Waals surface area contributed by atoms with Gasteiger partial charge in [0.05, 0.1) is 5.58 Å². The van der Waals surface area contributed by atoms with Gasteiger partial charge < -0.3 is 85.5 Å². The van der Waals surface area contributed by atoms with Crippen LogP contribution < -0.4 is 91.3 Å². The predicted molar refractivity (Wildman–Crippen MR) is 351 cm³/mol. The van der Waals surface area contributed by atoms with Crippen LogP contribution in [-0.2, 0) is 0 Å². The molecule has 13 N–H and O–H groups in total. The van der Waals surface area contributed by atoms with Crippen LogP contribution in [0.4, 0.5) is 5.69 Å². The Kier molecular flexibility index (Phi) is 21.0. The molecule has 0 fully saturated rings. The molecule has 8 aromatic carbocycles. The Morgan fingerprint density at radius 1 is 0.364 bits per heavy atom. The van der Waals surface area contributed by atoms with E-state index in [4.69, 9.17) is 23.4 Å². The van der Waals surface area contributed by atoms with E-state index in [2.05, 4.69) is 27.1 Å². The Bertz CT molecular complexity index is 5630. The Hall–Kier alpha value is -12.0. The van der Waals surface area contributed by atoms with Crippen molar-refractivity contribution in [3.05, 3.63) is 252 Å². The van der Waals surface area contributed by atoms with Crippen LogP contribution in [0.3, 0.4) is 0 Å². The van der Waals surface area contributed by atoms with E-state index in [1.54, 1.807) is 48.5 Å². The van der Waals surface area contributed by atoms with Crippen LogP contribution in [0.15, 0.2) is 231 Å². The molecule has 0 amide bonds. The zero-order chi connectivity index (χ0) is 66.5. The summed E-state index contributed by atoms with van der Waals surface area (Å²) in [6.07, 6.45) is 0. The van der Waals surface area contributed by atoms with Crippen molar-refractivity contribution < 1.29 is 138 Å². The molecule has 0 unspecified atom stereocenters. The van der Waals surface area contributed by atoms with Crippen molar-refractivity contribution in [1.82, 2.24) is 15.0 Å². The van der Waals surface area contributed by atoms with Gasteiger partial charge >= 0.3 is 59.1 Å². The monoisotopic (exact) mass is 1350 g/mol. The Labute approximate surface area is 599 Å². The summed E-state index contributed by atoms with van der Waals surface area (Å²) in [6, 6.07) is 52.1. The molecule has 0 spiro atoms. The molecule has 4 aliphatic carbocycles. The molecule has 4 aliphatic heterocycles. The van der Waals surface area contributed by atoms with Gasteiger partial charge in [0.1, 0.15) is 85.6 Å². The van der Waals surface area contributed by atoms with Gasteiger partial charge in [-0.15, -0.1) is 18.2 Å². The van der Waals surface area contributed by atoms with Crippen molar-refractivity contribution in [2.45, 2.75) is 0 Å². The van der Waals surface area contributed by atoms with E-state index >= 15 is 0 Å². The van der Waals surface area contributed by atoms with E-state index in [9.17, 15) is 70.3 Å². The summed E-state index contributed by atoms with van der Waals surface area (Å²) >= 11 is 0. The van der Waals surface area contributed by atoms with Gasteiger partial charge in [0.25, 0.3) is 5.69 Å². The van der Waals surface area contributed by atoms with E-state index in [1.807, 2.05) is 6.07 Å². The molecule has 0 saturated heterocycles. The van der Waals surface area contributed by atoms with E-state index in [1.165, 1.54) is 121 Å². The Morgan fingerprint density at radius 3 is 1.29 bits per heavy atom. The first kappa shape index (κ1) is 71.3. The van der Waals surface area contributed by atoms with E-state index in [0.29, 0.717) is 78.6 Å². The maximum absolute atomic E-state index is 12.6. The fourth-order valence-corrected chi connectivity index (χ4v) is 10.4. The first-order valence-corrected chi connectivity index (χ1v) is 28.2. The third-order valence-corrected chi connectivity index (χ3v) is 14.9. The van der Waals surface area contributed by atoms with Gasteiger partial charge in [0, 0.05) is 123 Å². The van der Waals surface area contributed by atoms with Crippen molar-refractivity contribution in [3.63, 3.8) is 0 Å². The van der Waals surface area contributed by atoms with Crippen LogP contribution in [0.1, 0.15) is 0 Å². The van der Waals surface area contributed by atoms with Gasteiger partial charge in [0.2, 0.25) is 0 Å². The molecule has 0 aromatic heterocycles. The van der Waals surface area contributed by atoms with Crippen molar-refractivity contribution in [2.24, 2.45) is 0 Å². The average molecular weight is 1350 g/mol. The van der Waals surface area contributed by atoms with Gasteiger partial charge in [-0.25, -0.2) is 9.97 Å². The maximum Gasteiger partial charge on any atom is 1.00 e. The number of rotatable bonds is 4. The number of fused-ring (bicyclic) bond motifs is 8. The van der Waals surface area contributed by atoms with Crippen LogP contribution in [0, 0.1) is 17.3 Å². The second-order valence-electron chi connectivity index (χ2n) is 21.3. The molecule has 0 radical (unpaired) electrons. The molecular weight excluding hydrogens is 1300 g/mol. The molecular formula is C72H45N5Na2O20-2. The Morgan fingerprint density at radius 2 is 0.768 bits per heavy atom. The number of aromatic nitrogens is 4. The molecule has 27 heteroatoms. The third kappa shape index (κ3) is 14.6. The number of aromatic hydroxyl groups is 9. The first-order valence-electron chi connectivity index (χ1n) is 28.2. The van der Waals surface area contributed by atoms with Gasteiger partial charge in [-0.1, -0.05) is 6.07 Å². The number of nitrogen functional groups attached to an aromatic ring is 1. The number of phenols is 9.